The molecule has 0 spiro atoms. The van der Waals surface area contributed by atoms with E-state index in [4.69, 9.17) is 0 Å². The number of carbonyl (C=O) groups excluding carboxylic acids is 1. The van der Waals surface area contributed by atoms with Crippen LogP contribution in [0.1, 0.15) is 30.9 Å². The molecule has 1 aliphatic rings. The third-order valence-electron chi connectivity index (χ3n) is 4.05. The van der Waals surface area contributed by atoms with Gasteiger partial charge < -0.3 is 0 Å². The van der Waals surface area contributed by atoms with Gasteiger partial charge in [-0.05, 0) is 61.0 Å². The highest BCUT2D eigenvalue weighted by molar-refractivity contribution is 8.18. The summed E-state index contributed by atoms with van der Waals surface area (Å²) in [6, 6.07) is 14.0. The van der Waals surface area contributed by atoms with Crippen LogP contribution in [0.2, 0.25) is 0 Å². The van der Waals surface area contributed by atoms with E-state index in [0.717, 1.165) is 24.1 Å². The molecule has 0 N–H and O–H groups in total. The quantitative estimate of drug-likeness (QED) is 0.649. The molecule has 3 rings (SSSR count). The Hall–Kier alpha value is -2.40. The van der Waals surface area contributed by atoms with Crippen molar-refractivity contribution >= 4 is 34.6 Å². The maximum atomic E-state index is 13.1. The maximum absolute atomic E-state index is 13.1. The van der Waals surface area contributed by atoms with E-state index in [1.165, 1.54) is 29.5 Å². The Morgan fingerprint density at radius 3 is 2.46 bits per heavy atom. The molecule has 2 aromatic rings. The van der Waals surface area contributed by atoms with Gasteiger partial charge in [0.2, 0.25) is 0 Å². The molecular formula is C21H21FN2OS. The highest BCUT2D eigenvalue weighted by Gasteiger charge is 2.32. The van der Waals surface area contributed by atoms with E-state index < -0.39 is 0 Å². The van der Waals surface area contributed by atoms with Gasteiger partial charge in [0.1, 0.15) is 5.82 Å². The van der Waals surface area contributed by atoms with Crippen molar-refractivity contribution in [1.82, 2.24) is 4.90 Å². The summed E-state index contributed by atoms with van der Waals surface area (Å²) in [6.07, 6.45) is 3.72. The van der Waals surface area contributed by atoms with Gasteiger partial charge in [-0.3, -0.25) is 9.69 Å². The smallest absolute Gasteiger partial charge is 0.266 e. The molecule has 0 aromatic heterocycles. The zero-order valence-corrected chi connectivity index (χ0v) is 15.7. The lowest BCUT2D eigenvalue weighted by molar-refractivity contribution is -0.122. The van der Waals surface area contributed by atoms with Gasteiger partial charge in [0.25, 0.3) is 5.91 Å². The van der Waals surface area contributed by atoms with E-state index in [-0.39, 0.29) is 11.7 Å². The summed E-state index contributed by atoms with van der Waals surface area (Å²) in [5, 5.41) is 0.695. The summed E-state index contributed by atoms with van der Waals surface area (Å²) in [6.45, 7) is 4.77. The largest absolute Gasteiger partial charge is 0.286 e. The minimum absolute atomic E-state index is 0.0429. The van der Waals surface area contributed by atoms with Crippen LogP contribution < -0.4 is 0 Å². The number of amidine groups is 1. The van der Waals surface area contributed by atoms with Crippen molar-refractivity contribution in [2.45, 2.75) is 26.7 Å². The van der Waals surface area contributed by atoms with Crippen LogP contribution in [0, 0.1) is 12.7 Å². The van der Waals surface area contributed by atoms with Crippen molar-refractivity contribution in [1.29, 1.82) is 0 Å². The van der Waals surface area contributed by atoms with Gasteiger partial charge in [-0.2, -0.15) is 0 Å². The first-order valence-corrected chi connectivity index (χ1v) is 9.51. The first-order valence-electron chi connectivity index (χ1n) is 8.69. The van der Waals surface area contributed by atoms with Crippen LogP contribution >= 0.6 is 11.8 Å². The topological polar surface area (TPSA) is 32.7 Å². The number of unbranched alkanes of at least 4 members (excludes halogenated alkanes) is 1. The molecule has 0 atom stereocenters. The van der Waals surface area contributed by atoms with Gasteiger partial charge in [-0.1, -0.05) is 43.2 Å². The molecule has 134 valence electrons. The summed E-state index contributed by atoms with van der Waals surface area (Å²) in [4.78, 5) is 19.8. The molecule has 0 unspecified atom stereocenters. The molecule has 1 heterocycles. The van der Waals surface area contributed by atoms with Gasteiger partial charge in [0.15, 0.2) is 5.17 Å². The monoisotopic (exact) mass is 368 g/mol. The molecule has 1 amide bonds. The van der Waals surface area contributed by atoms with Crippen LogP contribution in [0.5, 0.6) is 0 Å². The Morgan fingerprint density at radius 1 is 1.12 bits per heavy atom. The average Bonchev–Trinajstić information content (AvgIpc) is 2.92. The molecule has 0 aliphatic carbocycles. The van der Waals surface area contributed by atoms with Crippen LogP contribution in [0.3, 0.4) is 0 Å². The number of amides is 1. The fourth-order valence-electron chi connectivity index (χ4n) is 2.54. The number of aliphatic imine (C=N–C) groups is 1. The first kappa shape index (κ1) is 18.4. The molecule has 0 radical (unpaired) electrons. The molecule has 1 aliphatic heterocycles. The second-order valence-corrected chi connectivity index (χ2v) is 7.21. The van der Waals surface area contributed by atoms with Gasteiger partial charge in [-0.25, -0.2) is 9.38 Å². The Bertz CT molecular complexity index is 841. The second kappa shape index (κ2) is 8.32. The molecule has 0 saturated carbocycles. The highest BCUT2D eigenvalue weighted by atomic mass is 32.2. The third-order valence-corrected chi connectivity index (χ3v) is 5.06. The normalized spacial score (nSPS) is 17.5. The van der Waals surface area contributed by atoms with E-state index in [2.05, 4.69) is 11.9 Å². The number of halogens is 1. The molecule has 1 saturated heterocycles. The zero-order chi connectivity index (χ0) is 18.5. The van der Waals surface area contributed by atoms with Crippen molar-refractivity contribution in [3.8, 4) is 0 Å². The van der Waals surface area contributed by atoms with E-state index in [0.29, 0.717) is 16.6 Å². The lowest BCUT2D eigenvalue weighted by Gasteiger charge is -2.14. The lowest BCUT2D eigenvalue weighted by atomic mass is 10.2. The van der Waals surface area contributed by atoms with Crippen molar-refractivity contribution in [2.24, 2.45) is 4.99 Å². The molecule has 5 heteroatoms. The predicted molar refractivity (Wildman–Crippen MR) is 107 cm³/mol. The van der Waals surface area contributed by atoms with Crippen molar-refractivity contribution in [3.05, 3.63) is 70.4 Å². The Kier molecular flexibility index (Phi) is 5.89. The standard InChI is InChI=1S/C21H21FN2OS/c1-3-4-13-24-20(25)19(14-16-7-9-17(22)10-8-16)26-21(24)23-18-11-5-15(2)6-12-18/h5-12,14H,3-4,13H2,1-2H3/b19-14+,23-21?. The molecule has 3 nitrogen and oxygen atoms in total. The maximum Gasteiger partial charge on any atom is 0.266 e. The summed E-state index contributed by atoms with van der Waals surface area (Å²) in [5.74, 6) is -0.331. The predicted octanol–water partition coefficient (Wildman–Crippen LogP) is 5.54. The first-order chi connectivity index (χ1) is 12.6. The van der Waals surface area contributed by atoms with Gasteiger partial charge >= 0.3 is 0 Å². The lowest BCUT2D eigenvalue weighted by Crippen LogP contribution is -2.30. The minimum atomic E-state index is -0.288. The summed E-state index contributed by atoms with van der Waals surface area (Å²) >= 11 is 1.37. The Morgan fingerprint density at radius 2 is 1.81 bits per heavy atom. The Labute approximate surface area is 157 Å². The molecule has 26 heavy (non-hydrogen) atoms. The fraction of sp³-hybridized carbons (Fsp3) is 0.238. The van der Waals surface area contributed by atoms with Gasteiger partial charge in [0.05, 0.1) is 10.6 Å². The van der Waals surface area contributed by atoms with E-state index in [9.17, 15) is 9.18 Å². The van der Waals surface area contributed by atoms with Crippen molar-refractivity contribution in [3.63, 3.8) is 0 Å². The van der Waals surface area contributed by atoms with Crippen molar-refractivity contribution < 1.29 is 9.18 Å². The van der Waals surface area contributed by atoms with Crippen LogP contribution in [-0.2, 0) is 4.79 Å². The van der Waals surface area contributed by atoms with E-state index in [1.807, 2.05) is 31.2 Å². The number of benzene rings is 2. The molecule has 1 fully saturated rings. The molecular weight excluding hydrogens is 347 g/mol. The second-order valence-electron chi connectivity index (χ2n) is 6.20. The minimum Gasteiger partial charge on any atom is -0.286 e. The van der Waals surface area contributed by atoms with Gasteiger partial charge in [-0.15, -0.1) is 0 Å². The zero-order valence-electron chi connectivity index (χ0n) is 14.9. The summed E-state index contributed by atoms with van der Waals surface area (Å²) in [5.41, 5.74) is 2.80. The average molecular weight is 368 g/mol. The summed E-state index contributed by atoms with van der Waals surface area (Å²) < 4.78 is 13.1. The molecule has 2 aromatic carbocycles. The van der Waals surface area contributed by atoms with E-state index >= 15 is 0 Å². The van der Waals surface area contributed by atoms with Gasteiger partial charge in [0, 0.05) is 6.54 Å². The van der Waals surface area contributed by atoms with Crippen LogP contribution in [0.25, 0.3) is 6.08 Å². The number of rotatable bonds is 5. The highest BCUT2D eigenvalue weighted by Crippen LogP contribution is 2.34. The number of nitrogens with zero attached hydrogens (tertiary/aromatic N) is 2. The fourth-order valence-corrected chi connectivity index (χ4v) is 3.57. The van der Waals surface area contributed by atoms with Crippen LogP contribution in [0.4, 0.5) is 10.1 Å². The third kappa shape index (κ3) is 4.41. The number of thioether (sulfide) groups is 1. The Balaban J connectivity index is 1.91. The number of hydrogen-bond acceptors (Lipinski definition) is 3. The van der Waals surface area contributed by atoms with Crippen LogP contribution in [0.15, 0.2) is 58.4 Å². The number of aryl methyl sites for hydroxylation is 1. The van der Waals surface area contributed by atoms with Crippen molar-refractivity contribution in [2.75, 3.05) is 6.54 Å². The summed E-state index contributed by atoms with van der Waals surface area (Å²) in [7, 11) is 0. The number of carbonyl (C=O) groups is 1. The molecule has 0 bridgehead atoms. The number of hydrogen-bond donors (Lipinski definition) is 0. The van der Waals surface area contributed by atoms with E-state index in [1.54, 1.807) is 23.1 Å². The SMILES string of the molecule is CCCCN1C(=O)/C(=C\c2ccc(F)cc2)SC1=Nc1ccc(C)cc1. The van der Waals surface area contributed by atoms with Crippen LogP contribution in [-0.4, -0.2) is 22.5 Å².